The maximum Gasteiger partial charge on any atom is 0.342 e. The molecule has 5 nitrogen and oxygen atoms in total. The van der Waals surface area contributed by atoms with E-state index in [-0.39, 0.29) is 28.8 Å². The van der Waals surface area contributed by atoms with Crippen LogP contribution in [0.2, 0.25) is 5.02 Å². The minimum atomic E-state index is -0.665. The number of halogens is 1. The summed E-state index contributed by atoms with van der Waals surface area (Å²) >= 11 is 5.93. The highest BCUT2D eigenvalue weighted by Crippen LogP contribution is 2.22. The summed E-state index contributed by atoms with van der Waals surface area (Å²) in [5, 5.41) is 0.224. The highest BCUT2D eigenvalue weighted by atomic mass is 35.5. The van der Waals surface area contributed by atoms with Crippen LogP contribution in [0.5, 0.6) is 0 Å². The van der Waals surface area contributed by atoms with E-state index in [2.05, 4.69) is 0 Å². The monoisotopic (exact) mass is 310 g/mol. The van der Waals surface area contributed by atoms with Gasteiger partial charge in [-0.15, -0.1) is 0 Å². The van der Waals surface area contributed by atoms with Gasteiger partial charge >= 0.3 is 5.97 Å². The zero-order valence-corrected chi connectivity index (χ0v) is 12.6. The second-order valence-electron chi connectivity index (χ2n) is 5.08. The van der Waals surface area contributed by atoms with E-state index in [4.69, 9.17) is 22.1 Å². The Morgan fingerprint density at radius 3 is 2.48 bits per heavy atom. The zero-order chi connectivity index (χ0) is 15.2. The Morgan fingerprint density at radius 2 is 1.86 bits per heavy atom. The molecule has 0 spiro atoms. The highest BCUT2D eigenvalue weighted by Gasteiger charge is 2.20. The van der Waals surface area contributed by atoms with Gasteiger partial charge in [0.2, 0.25) is 0 Å². The fraction of sp³-hybridized carbons (Fsp3) is 0.467. The number of carbonyl (C=O) groups excluding carboxylic acids is 2. The topological polar surface area (TPSA) is 72.6 Å². The summed E-state index contributed by atoms with van der Waals surface area (Å²) in [5.74, 6) is -0.836. The Balaban J connectivity index is 1.93. The van der Waals surface area contributed by atoms with Crippen LogP contribution in [0.1, 0.15) is 36.0 Å². The lowest BCUT2D eigenvalue weighted by Gasteiger charge is -2.20. The number of rotatable bonds is 3. The number of ether oxygens (including phenoxy) is 1. The Labute approximate surface area is 129 Å². The maximum atomic E-state index is 12.0. The highest BCUT2D eigenvalue weighted by molar-refractivity contribution is 6.34. The summed E-state index contributed by atoms with van der Waals surface area (Å²) in [6.07, 6.45) is 4.27. The van der Waals surface area contributed by atoms with Crippen LogP contribution in [0.4, 0.5) is 5.69 Å². The number of anilines is 1. The van der Waals surface area contributed by atoms with Crippen LogP contribution in [0.3, 0.4) is 0 Å². The fourth-order valence-electron chi connectivity index (χ4n) is 2.37. The van der Waals surface area contributed by atoms with E-state index >= 15 is 0 Å². The third-order valence-electron chi connectivity index (χ3n) is 3.54. The smallest absolute Gasteiger partial charge is 0.342 e. The first-order chi connectivity index (χ1) is 10.1. The third-order valence-corrected chi connectivity index (χ3v) is 3.85. The summed E-state index contributed by atoms with van der Waals surface area (Å²) in [6.45, 7) is 1.18. The van der Waals surface area contributed by atoms with Crippen molar-refractivity contribution in [3.63, 3.8) is 0 Å². The van der Waals surface area contributed by atoms with Crippen LogP contribution >= 0.6 is 11.6 Å². The van der Waals surface area contributed by atoms with E-state index < -0.39 is 5.97 Å². The van der Waals surface area contributed by atoms with Crippen LogP contribution in [0, 0.1) is 0 Å². The van der Waals surface area contributed by atoms with E-state index in [1.807, 2.05) is 0 Å². The average molecular weight is 311 g/mol. The molecule has 0 unspecified atom stereocenters. The van der Waals surface area contributed by atoms with Crippen molar-refractivity contribution in [1.82, 2.24) is 4.90 Å². The molecular formula is C15H19ClN2O3. The Hall–Kier alpha value is -1.75. The van der Waals surface area contributed by atoms with Crippen molar-refractivity contribution in [1.29, 1.82) is 0 Å². The fourth-order valence-corrected chi connectivity index (χ4v) is 2.63. The predicted octanol–water partition coefficient (Wildman–Crippen LogP) is 2.48. The number of nitrogens with zero attached hydrogens (tertiary/aromatic N) is 1. The molecule has 1 heterocycles. The summed E-state index contributed by atoms with van der Waals surface area (Å²) in [4.78, 5) is 25.8. The minimum absolute atomic E-state index is 0.114. The van der Waals surface area contributed by atoms with Gasteiger partial charge in [0.15, 0.2) is 6.61 Å². The first-order valence-corrected chi connectivity index (χ1v) is 7.46. The number of amides is 1. The van der Waals surface area contributed by atoms with E-state index in [1.165, 1.54) is 0 Å². The Bertz CT molecular complexity index is 505. The van der Waals surface area contributed by atoms with Crippen LogP contribution in [-0.2, 0) is 9.53 Å². The Morgan fingerprint density at radius 1 is 1.19 bits per heavy atom. The van der Waals surface area contributed by atoms with E-state index in [1.54, 1.807) is 23.1 Å². The molecule has 0 aliphatic carbocycles. The first kappa shape index (κ1) is 15.6. The number of hydrogen-bond donors (Lipinski definition) is 1. The lowest BCUT2D eigenvalue weighted by Crippen LogP contribution is -2.35. The molecule has 0 saturated carbocycles. The lowest BCUT2D eigenvalue weighted by molar-refractivity contribution is -0.134. The summed E-state index contributed by atoms with van der Waals surface area (Å²) in [5.41, 5.74) is 6.07. The number of carbonyl (C=O) groups is 2. The largest absolute Gasteiger partial charge is 0.452 e. The molecule has 0 radical (unpaired) electrons. The number of esters is 1. The van der Waals surface area contributed by atoms with Gasteiger partial charge in [-0.05, 0) is 25.0 Å². The molecule has 1 aromatic rings. The molecule has 1 aliphatic heterocycles. The molecule has 1 saturated heterocycles. The van der Waals surface area contributed by atoms with Crippen molar-refractivity contribution in [2.75, 3.05) is 25.4 Å². The molecule has 0 atom stereocenters. The second kappa shape index (κ2) is 7.31. The molecular weight excluding hydrogens is 292 g/mol. The molecule has 0 aromatic heterocycles. The third kappa shape index (κ3) is 4.11. The zero-order valence-electron chi connectivity index (χ0n) is 11.8. The van der Waals surface area contributed by atoms with Gasteiger partial charge in [0, 0.05) is 18.8 Å². The van der Waals surface area contributed by atoms with Crippen molar-refractivity contribution in [2.45, 2.75) is 25.7 Å². The van der Waals surface area contributed by atoms with Crippen LogP contribution < -0.4 is 5.73 Å². The van der Waals surface area contributed by atoms with Gasteiger partial charge in [0.05, 0.1) is 5.02 Å². The molecule has 6 heteroatoms. The molecule has 1 aliphatic rings. The number of nitrogen functional groups attached to an aromatic ring is 1. The lowest BCUT2D eigenvalue weighted by atomic mass is 10.2. The Kier molecular flexibility index (Phi) is 5.44. The minimum Gasteiger partial charge on any atom is -0.452 e. The van der Waals surface area contributed by atoms with Crippen molar-refractivity contribution in [3.8, 4) is 0 Å². The van der Waals surface area contributed by atoms with Gasteiger partial charge < -0.3 is 15.4 Å². The number of nitrogens with two attached hydrogens (primary N) is 1. The first-order valence-electron chi connectivity index (χ1n) is 7.08. The van der Waals surface area contributed by atoms with Gasteiger partial charge in [0.25, 0.3) is 5.91 Å². The molecule has 1 amide bonds. The summed E-state index contributed by atoms with van der Waals surface area (Å²) < 4.78 is 5.05. The van der Waals surface area contributed by atoms with Gasteiger partial charge in [-0.3, -0.25) is 4.79 Å². The van der Waals surface area contributed by atoms with Crippen molar-refractivity contribution >= 4 is 29.2 Å². The molecule has 2 N–H and O–H groups in total. The van der Waals surface area contributed by atoms with Gasteiger partial charge in [-0.2, -0.15) is 0 Å². The van der Waals surface area contributed by atoms with Crippen LogP contribution in [0.25, 0.3) is 0 Å². The standard InChI is InChI=1S/C15H19ClN2O3/c16-11-6-5-7-12(17)14(11)15(20)21-10-13(19)18-8-3-1-2-4-9-18/h5-7H,1-4,8-10,17H2. The molecule has 1 fully saturated rings. The molecule has 21 heavy (non-hydrogen) atoms. The number of hydrogen-bond acceptors (Lipinski definition) is 4. The molecule has 2 rings (SSSR count). The van der Waals surface area contributed by atoms with Gasteiger partial charge in [-0.25, -0.2) is 4.79 Å². The predicted molar refractivity (Wildman–Crippen MR) is 81.2 cm³/mol. The normalized spacial score (nSPS) is 15.4. The summed E-state index contributed by atoms with van der Waals surface area (Å²) in [7, 11) is 0. The van der Waals surface area contributed by atoms with Crippen LogP contribution in [-0.4, -0.2) is 36.5 Å². The van der Waals surface area contributed by atoms with Crippen molar-refractivity contribution < 1.29 is 14.3 Å². The van der Waals surface area contributed by atoms with Crippen molar-refractivity contribution in [2.24, 2.45) is 0 Å². The average Bonchev–Trinajstić information content (AvgIpc) is 2.73. The second-order valence-corrected chi connectivity index (χ2v) is 5.48. The SMILES string of the molecule is Nc1cccc(Cl)c1C(=O)OCC(=O)N1CCCCCC1. The molecule has 0 bridgehead atoms. The van der Waals surface area contributed by atoms with E-state index in [9.17, 15) is 9.59 Å². The quantitative estimate of drug-likeness (QED) is 0.687. The van der Waals surface area contributed by atoms with E-state index in [0.29, 0.717) is 0 Å². The van der Waals surface area contributed by atoms with Crippen molar-refractivity contribution in [3.05, 3.63) is 28.8 Å². The van der Waals surface area contributed by atoms with Gasteiger partial charge in [0.1, 0.15) is 5.56 Å². The molecule has 1 aromatic carbocycles. The number of likely N-dealkylation sites (tertiary alicyclic amines) is 1. The summed E-state index contributed by atoms with van der Waals surface area (Å²) in [6, 6.07) is 4.78. The van der Waals surface area contributed by atoms with Gasteiger partial charge in [-0.1, -0.05) is 30.5 Å². The maximum absolute atomic E-state index is 12.0. The molecule has 114 valence electrons. The number of benzene rings is 1. The van der Waals surface area contributed by atoms with Crippen LogP contribution in [0.15, 0.2) is 18.2 Å². The van der Waals surface area contributed by atoms with E-state index in [0.717, 1.165) is 38.8 Å².